The summed E-state index contributed by atoms with van der Waals surface area (Å²) in [6.07, 6.45) is 0. The molecule has 6 heteroatoms. The first-order chi connectivity index (χ1) is 8.70. The lowest BCUT2D eigenvalue weighted by Crippen LogP contribution is -1.93. The summed E-state index contributed by atoms with van der Waals surface area (Å²) in [5.74, 6) is 2.00. The van der Waals surface area contributed by atoms with Crippen LogP contribution in [0.25, 0.3) is 11.4 Å². The van der Waals surface area contributed by atoms with Crippen LogP contribution >= 0.6 is 11.6 Å². The molecule has 0 N–H and O–H groups in total. The molecule has 18 heavy (non-hydrogen) atoms. The van der Waals surface area contributed by atoms with Crippen LogP contribution in [0.2, 0.25) is 5.15 Å². The third kappa shape index (κ3) is 1.50. The van der Waals surface area contributed by atoms with Gasteiger partial charge in [0.25, 0.3) is 0 Å². The van der Waals surface area contributed by atoms with Crippen molar-refractivity contribution in [2.75, 3.05) is 6.79 Å². The third-order valence-electron chi connectivity index (χ3n) is 2.76. The molecule has 0 saturated carbocycles. The fraction of sp³-hybridized carbons (Fsp3) is 0.167. The molecule has 1 aromatic heterocycles. The van der Waals surface area contributed by atoms with Gasteiger partial charge in [-0.2, -0.15) is 5.26 Å². The second-order valence-electron chi connectivity index (χ2n) is 3.81. The molecular weight excluding hydrogens is 254 g/mol. The SMILES string of the molecule is Cn1c(-c2ccc3c(c2)OCO3)nc(C#N)c1Cl. The molecule has 0 spiro atoms. The van der Waals surface area contributed by atoms with Crippen LogP contribution in [0, 0.1) is 11.3 Å². The molecular formula is C12H8ClN3O2. The molecule has 5 nitrogen and oxygen atoms in total. The van der Waals surface area contributed by atoms with Crippen LogP contribution in [0.5, 0.6) is 11.5 Å². The zero-order valence-electron chi connectivity index (χ0n) is 9.48. The van der Waals surface area contributed by atoms with Crippen molar-refractivity contribution in [3.63, 3.8) is 0 Å². The smallest absolute Gasteiger partial charge is 0.231 e. The van der Waals surface area contributed by atoms with Crippen molar-refractivity contribution in [3.05, 3.63) is 29.0 Å². The highest BCUT2D eigenvalue weighted by molar-refractivity contribution is 6.30. The van der Waals surface area contributed by atoms with E-state index in [0.717, 1.165) is 5.56 Å². The lowest BCUT2D eigenvalue weighted by Gasteiger charge is -2.03. The Morgan fingerprint density at radius 2 is 2.17 bits per heavy atom. The van der Waals surface area contributed by atoms with Gasteiger partial charge in [0.15, 0.2) is 17.2 Å². The highest BCUT2D eigenvalue weighted by atomic mass is 35.5. The minimum Gasteiger partial charge on any atom is -0.454 e. The van der Waals surface area contributed by atoms with Gasteiger partial charge in [0.2, 0.25) is 6.79 Å². The van der Waals surface area contributed by atoms with E-state index >= 15 is 0 Å². The first-order valence-electron chi connectivity index (χ1n) is 5.23. The number of aromatic nitrogens is 2. The summed E-state index contributed by atoms with van der Waals surface area (Å²) < 4.78 is 12.2. The molecule has 0 bridgehead atoms. The molecule has 0 fully saturated rings. The van der Waals surface area contributed by atoms with Crippen molar-refractivity contribution >= 4 is 11.6 Å². The van der Waals surface area contributed by atoms with Crippen LogP contribution in [-0.4, -0.2) is 16.3 Å². The number of ether oxygens (including phenoxy) is 2. The minimum atomic E-state index is 0.215. The topological polar surface area (TPSA) is 60.1 Å². The third-order valence-corrected chi connectivity index (χ3v) is 3.19. The summed E-state index contributed by atoms with van der Waals surface area (Å²) in [5, 5.41) is 9.23. The molecule has 2 heterocycles. The zero-order chi connectivity index (χ0) is 12.7. The standard InChI is InChI=1S/C12H8ClN3O2/c1-16-11(13)8(5-14)15-12(16)7-2-3-9-10(4-7)18-6-17-9/h2-4H,6H2,1H3. The van der Waals surface area contributed by atoms with Gasteiger partial charge in [-0.1, -0.05) is 11.6 Å². The minimum absolute atomic E-state index is 0.215. The van der Waals surface area contributed by atoms with Gasteiger partial charge in [-0.3, -0.25) is 0 Å². The van der Waals surface area contributed by atoms with E-state index in [0.29, 0.717) is 22.5 Å². The average molecular weight is 262 g/mol. The highest BCUT2D eigenvalue weighted by Crippen LogP contribution is 2.36. The van der Waals surface area contributed by atoms with Crippen molar-refractivity contribution in [2.24, 2.45) is 7.05 Å². The van der Waals surface area contributed by atoms with Gasteiger partial charge in [0.05, 0.1) is 0 Å². The Hall–Kier alpha value is -2.19. The molecule has 0 saturated heterocycles. The Morgan fingerprint density at radius 3 is 2.89 bits per heavy atom. The molecule has 1 aliphatic heterocycles. The molecule has 90 valence electrons. The lowest BCUT2D eigenvalue weighted by atomic mass is 10.2. The number of imidazole rings is 1. The van der Waals surface area contributed by atoms with Crippen LogP contribution in [0.15, 0.2) is 18.2 Å². The lowest BCUT2D eigenvalue weighted by molar-refractivity contribution is 0.174. The fourth-order valence-corrected chi connectivity index (χ4v) is 2.01. The molecule has 0 aliphatic carbocycles. The Kier molecular flexibility index (Phi) is 2.39. The molecule has 0 atom stereocenters. The highest BCUT2D eigenvalue weighted by Gasteiger charge is 2.18. The van der Waals surface area contributed by atoms with Gasteiger partial charge in [0.1, 0.15) is 17.0 Å². The molecule has 2 aromatic rings. The first-order valence-corrected chi connectivity index (χ1v) is 5.61. The zero-order valence-corrected chi connectivity index (χ0v) is 10.2. The van der Waals surface area contributed by atoms with Crippen molar-refractivity contribution in [1.82, 2.24) is 9.55 Å². The fourth-order valence-electron chi connectivity index (χ4n) is 1.84. The van der Waals surface area contributed by atoms with Crippen LogP contribution in [0.4, 0.5) is 0 Å². The number of halogens is 1. The number of nitrogens with zero attached hydrogens (tertiary/aromatic N) is 3. The summed E-state index contributed by atoms with van der Waals surface area (Å²) in [7, 11) is 1.76. The maximum absolute atomic E-state index is 8.90. The Bertz CT molecular complexity index is 673. The van der Waals surface area contributed by atoms with Gasteiger partial charge in [-0.05, 0) is 18.2 Å². The average Bonchev–Trinajstić information content (AvgIpc) is 2.95. The second kappa shape index (κ2) is 3.93. The van der Waals surface area contributed by atoms with Crippen molar-refractivity contribution < 1.29 is 9.47 Å². The van der Waals surface area contributed by atoms with E-state index in [4.69, 9.17) is 26.3 Å². The quantitative estimate of drug-likeness (QED) is 0.791. The summed E-state index contributed by atoms with van der Waals surface area (Å²) in [6, 6.07) is 7.45. The summed E-state index contributed by atoms with van der Waals surface area (Å²) in [6.45, 7) is 0.226. The molecule has 1 aliphatic rings. The van der Waals surface area contributed by atoms with Gasteiger partial charge in [0, 0.05) is 12.6 Å². The van der Waals surface area contributed by atoms with E-state index in [1.54, 1.807) is 11.6 Å². The van der Waals surface area contributed by atoms with Gasteiger partial charge < -0.3 is 14.0 Å². The molecule has 1 aromatic carbocycles. The Balaban J connectivity index is 2.13. The van der Waals surface area contributed by atoms with E-state index in [1.165, 1.54) is 0 Å². The Labute approximate surface area is 108 Å². The maximum atomic E-state index is 8.90. The van der Waals surface area contributed by atoms with Crippen LogP contribution < -0.4 is 9.47 Å². The predicted molar refractivity (Wildman–Crippen MR) is 64.5 cm³/mol. The van der Waals surface area contributed by atoms with Gasteiger partial charge in [-0.25, -0.2) is 4.98 Å². The molecule has 0 unspecified atom stereocenters. The van der Waals surface area contributed by atoms with Crippen molar-refractivity contribution in [3.8, 4) is 29.0 Å². The number of nitriles is 1. The van der Waals surface area contributed by atoms with E-state index in [2.05, 4.69) is 4.98 Å². The number of benzene rings is 1. The van der Waals surface area contributed by atoms with Crippen LogP contribution in [-0.2, 0) is 7.05 Å². The molecule has 0 radical (unpaired) electrons. The summed E-state index contributed by atoms with van der Waals surface area (Å²) >= 11 is 6.00. The maximum Gasteiger partial charge on any atom is 0.231 e. The normalized spacial score (nSPS) is 12.5. The molecule has 3 rings (SSSR count). The second-order valence-corrected chi connectivity index (χ2v) is 4.17. The molecule has 0 amide bonds. The van der Waals surface area contributed by atoms with E-state index in [1.807, 2.05) is 24.3 Å². The number of fused-ring (bicyclic) bond motifs is 1. The van der Waals surface area contributed by atoms with Crippen molar-refractivity contribution in [1.29, 1.82) is 5.26 Å². The predicted octanol–water partition coefficient (Wildman–Crippen LogP) is 2.34. The first kappa shape index (κ1) is 10.9. The van der Waals surface area contributed by atoms with Crippen LogP contribution in [0.3, 0.4) is 0 Å². The number of hydrogen-bond acceptors (Lipinski definition) is 4. The largest absolute Gasteiger partial charge is 0.454 e. The summed E-state index contributed by atoms with van der Waals surface area (Å²) in [5.41, 5.74) is 1.04. The number of hydrogen-bond donors (Lipinski definition) is 0. The summed E-state index contributed by atoms with van der Waals surface area (Å²) in [4.78, 5) is 4.20. The van der Waals surface area contributed by atoms with Gasteiger partial charge in [-0.15, -0.1) is 0 Å². The number of rotatable bonds is 1. The Morgan fingerprint density at radius 1 is 1.39 bits per heavy atom. The van der Waals surface area contributed by atoms with E-state index in [9.17, 15) is 0 Å². The van der Waals surface area contributed by atoms with E-state index in [-0.39, 0.29) is 12.5 Å². The van der Waals surface area contributed by atoms with Gasteiger partial charge >= 0.3 is 0 Å². The monoisotopic (exact) mass is 261 g/mol. The van der Waals surface area contributed by atoms with E-state index < -0.39 is 0 Å². The van der Waals surface area contributed by atoms with Crippen LogP contribution in [0.1, 0.15) is 5.69 Å². The van der Waals surface area contributed by atoms with Crippen molar-refractivity contribution in [2.45, 2.75) is 0 Å².